The molecule has 1 heterocycles. The standard InChI is InChI=1S/C14H15BrN2O3S/c1-10(13-5-3-4-6-14(13)18)17(2)21(19,20)12-7-11(15)8-16-9-12/h3-10,18H,1-2H3. The minimum Gasteiger partial charge on any atom is -0.508 e. The Bertz CT molecular complexity index is 749. The molecule has 21 heavy (non-hydrogen) atoms. The first-order valence-corrected chi connectivity index (χ1v) is 8.44. The van der Waals surface area contributed by atoms with E-state index in [2.05, 4.69) is 20.9 Å². The first-order chi connectivity index (χ1) is 9.84. The van der Waals surface area contributed by atoms with E-state index in [1.54, 1.807) is 25.1 Å². The van der Waals surface area contributed by atoms with Crippen molar-refractivity contribution in [3.8, 4) is 5.75 Å². The van der Waals surface area contributed by atoms with Crippen LogP contribution in [0.25, 0.3) is 0 Å². The topological polar surface area (TPSA) is 70.5 Å². The first kappa shape index (κ1) is 15.9. The summed E-state index contributed by atoms with van der Waals surface area (Å²) >= 11 is 3.21. The number of phenols is 1. The Morgan fingerprint density at radius 1 is 1.29 bits per heavy atom. The number of hydrogen-bond acceptors (Lipinski definition) is 4. The van der Waals surface area contributed by atoms with Crippen LogP contribution in [0.1, 0.15) is 18.5 Å². The summed E-state index contributed by atoms with van der Waals surface area (Å²) in [6.07, 6.45) is 2.82. The number of rotatable bonds is 4. The Morgan fingerprint density at radius 2 is 1.95 bits per heavy atom. The van der Waals surface area contributed by atoms with E-state index in [1.165, 1.54) is 35.9 Å². The smallest absolute Gasteiger partial charge is 0.244 e. The molecule has 0 radical (unpaired) electrons. The van der Waals surface area contributed by atoms with Gasteiger partial charge in [-0.3, -0.25) is 4.98 Å². The Morgan fingerprint density at radius 3 is 2.57 bits per heavy atom. The van der Waals surface area contributed by atoms with Crippen molar-refractivity contribution in [1.29, 1.82) is 0 Å². The Balaban J connectivity index is 2.39. The van der Waals surface area contributed by atoms with Crippen LogP contribution >= 0.6 is 15.9 Å². The van der Waals surface area contributed by atoms with Crippen molar-refractivity contribution in [2.24, 2.45) is 0 Å². The third-order valence-corrected chi connectivity index (χ3v) is 5.62. The number of aromatic nitrogens is 1. The van der Waals surface area contributed by atoms with E-state index in [4.69, 9.17) is 0 Å². The molecule has 5 nitrogen and oxygen atoms in total. The van der Waals surface area contributed by atoms with E-state index in [0.717, 1.165) is 0 Å². The summed E-state index contributed by atoms with van der Waals surface area (Å²) in [5.74, 6) is 0.0689. The molecular formula is C14H15BrN2O3S. The maximum Gasteiger partial charge on any atom is 0.244 e. The minimum absolute atomic E-state index is 0.0689. The third kappa shape index (κ3) is 3.25. The van der Waals surface area contributed by atoms with Gasteiger partial charge in [-0.25, -0.2) is 8.42 Å². The lowest BCUT2D eigenvalue weighted by Crippen LogP contribution is -2.30. The van der Waals surface area contributed by atoms with E-state index in [1.807, 2.05) is 0 Å². The molecule has 7 heteroatoms. The monoisotopic (exact) mass is 370 g/mol. The van der Waals surface area contributed by atoms with Gasteiger partial charge >= 0.3 is 0 Å². The Kier molecular flexibility index (Phi) is 4.65. The minimum atomic E-state index is -3.70. The van der Waals surface area contributed by atoms with Crippen LogP contribution < -0.4 is 0 Å². The summed E-state index contributed by atoms with van der Waals surface area (Å²) < 4.78 is 27.0. The van der Waals surface area contributed by atoms with Gasteiger partial charge in [0.15, 0.2) is 0 Å². The maximum absolute atomic E-state index is 12.6. The molecule has 0 amide bonds. The molecule has 0 spiro atoms. The lowest BCUT2D eigenvalue weighted by atomic mass is 10.1. The lowest BCUT2D eigenvalue weighted by Gasteiger charge is -2.25. The lowest BCUT2D eigenvalue weighted by molar-refractivity contribution is 0.381. The zero-order chi connectivity index (χ0) is 15.6. The maximum atomic E-state index is 12.6. The average molecular weight is 371 g/mol. The fraction of sp³-hybridized carbons (Fsp3) is 0.214. The largest absolute Gasteiger partial charge is 0.508 e. The molecule has 0 saturated heterocycles. The SMILES string of the molecule is CC(c1ccccc1O)N(C)S(=O)(=O)c1cncc(Br)c1. The molecule has 1 aromatic carbocycles. The van der Waals surface area contributed by atoms with Gasteiger partial charge in [0.25, 0.3) is 0 Å². The predicted octanol–water partition coefficient (Wildman–Crippen LogP) is 2.93. The van der Waals surface area contributed by atoms with Gasteiger partial charge in [-0.2, -0.15) is 4.31 Å². The molecular weight excluding hydrogens is 356 g/mol. The van der Waals surface area contributed by atoms with Gasteiger partial charge in [0.2, 0.25) is 10.0 Å². The van der Waals surface area contributed by atoms with Gasteiger partial charge in [0, 0.05) is 29.5 Å². The van der Waals surface area contributed by atoms with Crippen LogP contribution in [0.4, 0.5) is 0 Å². The second-order valence-corrected chi connectivity index (χ2v) is 7.51. The first-order valence-electron chi connectivity index (χ1n) is 6.20. The van der Waals surface area contributed by atoms with Crippen LogP contribution in [0.2, 0.25) is 0 Å². The van der Waals surface area contributed by atoms with Crippen LogP contribution in [0.3, 0.4) is 0 Å². The number of sulfonamides is 1. The van der Waals surface area contributed by atoms with Crippen molar-refractivity contribution in [2.75, 3.05) is 7.05 Å². The van der Waals surface area contributed by atoms with Gasteiger partial charge in [0.1, 0.15) is 10.6 Å². The van der Waals surface area contributed by atoms with Crippen molar-refractivity contribution < 1.29 is 13.5 Å². The average Bonchev–Trinajstić information content (AvgIpc) is 2.46. The van der Waals surface area contributed by atoms with Gasteiger partial charge < -0.3 is 5.11 Å². The normalized spacial score (nSPS) is 13.3. The quantitative estimate of drug-likeness (QED) is 0.897. The van der Waals surface area contributed by atoms with Crippen LogP contribution in [0, 0.1) is 0 Å². The molecule has 1 aromatic heterocycles. The number of pyridine rings is 1. The van der Waals surface area contributed by atoms with E-state index < -0.39 is 16.1 Å². The van der Waals surface area contributed by atoms with Crippen molar-refractivity contribution in [1.82, 2.24) is 9.29 Å². The van der Waals surface area contributed by atoms with Gasteiger partial charge in [0.05, 0.1) is 6.04 Å². The number of para-hydroxylation sites is 1. The summed E-state index contributed by atoms with van der Waals surface area (Å²) in [4.78, 5) is 3.98. The number of hydrogen-bond donors (Lipinski definition) is 1. The second kappa shape index (κ2) is 6.13. The summed E-state index contributed by atoms with van der Waals surface area (Å²) in [6.45, 7) is 1.72. The molecule has 0 bridgehead atoms. The van der Waals surface area contributed by atoms with E-state index in [9.17, 15) is 13.5 Å². The highest BCUT2D eigenvalue weighted by atomic mass is 79.9. The number of phenolic OH excluding ortho intramolecular Hbond substituents is 1. The molecule has 1 N–H and O–H groups in total. The van der Waals surface area contributed by atoms with Crippen LogP contribution in [-0.2, 0) is 10.0 Å². The summed E-state index contributed by atoms with van der Waals surface area (Å²) in [5, 5.41) is 9.87. The summed E-state index contributed by atoms with van der Waals surface area (Å²) in [7, 11) is -2.22. The Labute approximate surface area is 132 Å². The second-order valence-electron chi connectivity index (χ2n) is 4.59. The molecule has 0 aliphatic heterocycles. The fourth-order valence-corrected chi connectivity index (χ4v) is 3.79. The Hall–Kier alpha value is -1.44. The molecule has 1 unspecified atom stereocenters. The van der Waals surface area contributed by atoms with E-state index in [0.29, 0.717) is 10.0 Å². The van der Waals surface area contributed by atoms with Crippen LogP contribution in [0.5, 0.6) is 5.75 Å². The van der Waals surface area contributed by atoms with Gasteiger partial charge in [-0.05, 0) is 35.0 Å². The number of halogens is 1. The summed E-state index contributed by atoms with van der Waals surface area (Å²) in [5.41, 5.74) is 0.548. The molecule has 0 aliphatic rings. The number of benzene rings is 1. The van der Waals surface area contributed by atoms with Crippen molar-refractivity contribution >= 4 is 26.0 Å². The predicted molar refractivity (Wildman–Crippen MR) is 83.4 cm³/mol. The fourth-order valence-electron chi connectivity index (χ4n) is 1.94. The van der Waals surface area contributed by atoms with E-state index in [-0.39, 0.29) is 10.6 Å². The molecule has 0 fully saturated rings. The highest BCUT2D eigenvalue weighted by Gasteiger charge is 2.28. The molecule has 112 valence electrons. The molecule has 2 rings (SSSR count). The van der Waals surface area contributed by atoms with Gasteiger partial charge in [-0.15, -0.1) is 0 Å². The molecule has 0 saturated carbocycles. The number of aromatic hydroxyl groups is 1. The highest BCUT2D eigenvalue weighted by molar-refractivity contribution is 9.10. The van der Waals surface area contributed by atoms with Crippen LogP contribution in [0.15, 0.2) is 52.1 Å². The molecule has 2 aromatic rings. The highest BCUT2D eigenvalue weighted by Crippen LogP contribution is 2.31. The zero-order valence-electron chi connectivity index (χ0n) is 11.6. The van der Waals surface area contributed by atoms with Crippen molar-refractivity contribution in [3.63, 3.8) is 0 Å². The van der Waals surface area contributed by atoms with E-state index >= 15 is 0 Å². The number of nitrogens with zero attached hydrogens (tertiary/aromatic N) is 2. The third-order valence-electron chi connectivity index (χ3n) is 3.29. The van der Waals surface area contributed by atoms with Gasteiger partial charge in [-0.1, -0.05) is 18.2 Å². The van der Waals surface area contributed by atoms with Crippen molar-refractivity contribution in [2.45, 2.75) is 17.9 Å². The zero-order valence-corrected chi connectivity index (χ0v) is 14.0. The molecule has 0 aliphatic carbocycles. The summed E-state index contributed by atoms with van der Waals surface area (Å²) in [6, 6.07) is 7.68. The molecule has 1 atom stereocenters. The van der Waals surface area contributed by atoms with Crippen LogP contribution in [-0.4, -0.2) is 29.9 Å². The van der Waals surface area contributed by atoms with Crippen molar-refractivity contribution in [3.05, 3.63) is 52.8 Å².